The molecular formula is C41H36F6N10O5S. The lowest BCUT2D eigenvalue weighted by Crippen LogP contribution is -2.12. The number of benzene rings is 2. The Labute approximate surface area is 355 Å². The molecule has 0 aliphatic heterocycles. The maximum atomic E-state index is 13.8. The van der Waals surface area contributed by atoms with Gasteiger partial charge in [-0.25, -0.2) is 24.9 Å². The van der Waals surface area contributed by atoms with Gasteiger partial charge in [-0.3, -0.25) is 4.18 Å². The topological polar surface area (TPSA) is 189 Å². The van der Waals surface area contributed by atoms with Crippen molar-refractivity contribution in [3.05, 3.63) is 102 Å². The Balaban J connectivity index is 0.000000210. The largest absolute Gasteiger partial charge is 0.493 e. The van der Waals surface area contributed by atoms with Crippen LogP contribution in [-0.4, -0.2) is 73.1 Å². The number of nitriles is 2. The first-order chi connectivity index (χ1) is 29.8. The third-order valence-corrected chi connectivity index (χ3v) is 9.96. The van der Waals surface area contributed by atoms with Gasteiger partial charge in [0.05, 0.1) is 72.3 Å². The lowest BCUT2D eigenvalue weighted by Gasteiger charge is -2.16. The molecule has 2 aromatic carbocycles. The van der Waals surface area contributed by atoms with Gasteiger partial charge in [-0.2, -0.15) is 45.3 Å². The van der Waals surface area contributed by atoms with Crippen LogP contribution in [0.25, 0.3) is 44.6 Å². The van der Waals surface area contributed by atoms with Crippen molar-refractivity contribution in [3.63, 3.8) is 0 Å². The number of hydrogen-bond acceptors (Lipinski definition) is 12. The Morgan fingerprint density at radius 2 is 1.17 bits per heavy atom. The second-order valence-corrected chi connectivity index (χ2v) is 15.5. The second-order valence-electron chi connectivity index (χ2n) is 13.9. The Morgan fingerprint density at radius 1 is 0.698 bits per heavy atom. The smallest absolute Gasteiger partial charge is 0.419 e. The highest BCUT2D eigenvalue weighted by Gasteiger charge is 2.36. The summed E-state index contributed by atoms with van der Waals surface area (Å²) in [4.78, 5) is 20.7. The molecule has 63 heavy (non-hydrogen) atoms. The maximum Gasteiger partial charge on any atom is 0.419 e. The van der Waals surface area contributed by atoms with Gasteiger partial charge in [0.1, 0.15) is 40.5 Å². The van der Waals surface area contributed by atoms with Gasteiger partial charge in [-0.05, 0) is 61.9 Å². The predicted molar refractivity (Wildman–Crippen MR) is 215 cm³/mol. The van der Waals surface area contributed by atoms with E-state index in [9.17, 15) is 45.3 Å². The van der Waals surface area contributed by atoms with Crippen molar-refractivity contribution in [2.45, 2.75) is 38.7 Å². The monoisotopic (exact) mass is 894 g/mol. The quantitative estimate of drug-likeness (QED) is 0.0622. The van der Waals surface area contributed by atoms with Crippen LogP contribution < -0.4 is 9.47 Å². The van der Waals surface area contributed by atoms with E-state index in [0.717, 1.165) is 30.3 Å². The summed E-state index contributed by atoms with van der Waals surface area (Å²) in [6.45, 7) is 2.20. The van der Waals surface area contributed by atoms with Crippen LogP contribution in [0.15, 0.2) is 73.6 Å². The highest BCUT2D eigenvalue weighted by atomic mass is 32.2. The Morgan fingerprint density at radius 3 is 1.59 bits per heavy atom. The molecule has 22 heteroatoms. The van der Waals surface area contributed by atoms with Crippen LogP contribution >= 0.6 is 0 Å². The van der Waals surface area contributed by atoms with Gasteiger partial charge in [0.2, 0.25) is 0 Å². The molecule has 5 heterocycles. The number of halogens is 6. The van der Waals surface area contributed by atoms with E-state index < -0.39 is 39.3 Å². The van der Waals surface area contributed by atoms with Crippen molar-refractivity contribution >= 4 is 32.2 Å². The Kier molecular flexibility index (Phi) is 13.4. The second kappa shape index (κ2) is 18.5. The van der Waals surface area contributed by atoms with Crippen molar-refractivity contribution < 1.29 is 48.4 Å². The first kappa shape index (κ1) is 45.5. The zero-order chi connectivity index (χ0) is 45.7. The molecule has 0 N–H and O–H groups in total. The van der Waals surface area contributed by atoms with E-state index in [4.69, 9.17) is 9.47 Å². The lowest BCUT2D eigenvalue weighted by molar-refractivity contribution is -0.139. The molecule has 0 unspecified atom stereocenters. The lowest BCUT2D eigenvalue weighted by atomic mass is 10.1. The summed E-state index contributed by atoms with van der Waals surface area (Å²) in [5.41, 5.74) is 0.920. The SMILES string of the molecule is Cc1nccn1CCCOc1ccc(-c2cc3c(ncn3C)c(C#N)n2)cc1C(F)(F)F.Cn1cnc2c(C#N)nc(-c3ccc(OCCCOS(C)(=O)=O)c(C(F)(F)F)c3)cc21. The van der Waals surface area contributed by atoms with Gasteiger partial charge < -0.3 is 23.2 Å². The normalized spacial score (nSPS) is 11.9. The molecule has 7 aromatic rings. The standard InChI is InChI=1S/C22H19F3N6O.C19H17F3N4O4S/c1-14-27-6-8-31(14)7-3-9-32-20-5-4-15(10-16(20)22(23,24)25)17-11-19-21(18(12-26)29-17)28-13-30(19)2;1-26-11-24-18-15(10-23)25-14(9-16(18)26)12-4-5-17(13(8-12)19(20,21)22)29-6-3-7-30-31(2,27)28/h4-6,8,10-11,13H,3,7,9H2,1-2H3;4-5,8-9,11H,3,6-7H2,1-2H3. The highest BCUT2D eigenvalue weighted by molar-refractivity contribution is 7.85. The summed E-state index contributed by atoms with van der Waals surface area (Å²) in [6, 6.07) is 14.3. The Hall–Kier alpha value is -7.04. The third-order valence-electron chi connectivity index (χ3n) is 9.37. The predicted octanol–water partition coefficient (Wildman–Crippen LogP) is 7.77. The molecule has 0 amide bonds. The summed E-state index contributed by atoms with van der Waals surface area (Å²) in [6.07, 6.45) is -1.33. The van der Waals surface area contributed by atoms with Gasteiger partial charge in [0, 0.05) is 50.6 Å². The van der Waals surface area contributed by atoms with Crippen LogP contribution in [-0.2, 0) is 47.3 Å². The molecule has 0 atom stereocenters. The number of aryl methyl sites for hydroxylation is 4. The first-order valence-corrected chi connectivity index (χ1v) is 20.5. The van der Waals surface area contributed by atoms with Crippen molar-refractivity contribution in [1.82, 2.24) is 38.6 Å². The van der Waals surface area contributed by atoms with Crippen LogP contribution in [0.1, 0.15) is 41.2 Å². The number of alkyl halides is 6. The van der Waals surface area contributed by atoms with Crippen molar-refractivity contribution in [2.75, 3.05) is 26.1 Å². The number of nitrogens with zero attached hydrogens (tertiary/aromatic N) is 10. The van der Waals surface area contributed by atoms with Gasteiger partial charge >= 0.3 is 12.4 Å². The number of aromatic nitrogens is 8. The van der Waals surface area contributed by atoms with E-state index in [0.29, 0.717) is 35.0 Å². The number of ether oxygens (including phenoxy) is 2. The fourth-order valence-corrected chi connectivity index (χ4v) is 6.71. The first-order valence-electron chi connectivity index (χ1n) is 18.7. The van der Waals surface area contributed by atoms with Gasteiger partial charge in [0.15, 0.2) is 11.4 Å². The van der Waals surface area contributed by atoms with Crippen LogP contribution in [0.2, 0.25) is 0 Å². The number of pyridine rings is 2. The number of fused-ring (bicyclic) bond motifs is 2. The molecule has 0 saturated carbocycles. The molecule has 15 nitrogen and oxygen atoms in total. The van der Waals surface area contributed by atoms with E-state index in [2.05, 4.69) is 29.1 Å². The van der Waals surface area contributed by atoms with Crippen LogP contribution in [0.4, 0.5) is 26.3 Å². The molecule has 0 fully saturated rings. The summed E-state index contributed by atoms with van der Waals surface area (Å²) in [5.74, 6) is 0.184. The van der Waals surface area contributed by atoms with E-state index in [1.165, 1.54) is 30.9 Å². The van der Waals surface area contributed by atoms with Crippen molar-refractivity contribution in [3.8, 4) is 46.2 Å². The number of imidazole rings is 3. The molecule has 0 spiro atoms. The fraction of sp³-hybridized carbons (Fsp3) is 0.293. The minimum atomic E-state index is -4.71. The third kappa shape index (κ3) is 10.9. The minimum absolute atomic E-state index is 0.00728. The minimum Gasteiger partial charge on any atom is -0.493 e. The molecule has 328 valence electrons. The summed E-state index contributed by atoms with van der Waals surface area (Å²) >= 11 is 0. The molecule has 0 aliphatic carbocycles. The van der Waals surface area contributed by atoms with E-state index in [1.807, 2.05) is 29.8 Å². The molecule has 5 aromatic heterocycles. The highest BCUT2D eigenvalue weighted by Crippen LogP contribution is 2.40. The summed E-state index contributed by atoms with van der Waals surface area (Å²) in [7, 11) is -0.189. The van der Waals surface area contributed by atoms with E-state index in [1.54, 1.807) is 41.6 Å². The molecule has 0 saturated heterocycles. The fourth-order valence-electron chi connectivity index (χ4n) is 6.29. The number of rotatable bonds is 13. The average molecular weight is 895 g/mol. The van der Waals surface area contributed by atoms with E-state index >= 15 is 0 Å². The van der Waals surface area contributed by atoms with Gasteiger partial charge in [-0.15, -0.1) is 0 Å². The molecular weight excluding hydrogens is 859 g/mol. The van der Waals surface area contributed by atoms with Gasteiger partial charge in [0.25, 0.3) is 10.1 Å². The van der Waals surface area contributed by atoms with Crippen LogP contribution in [0, 0.1) is 29.6 Å². The molecule has 0 aliphatic rings. The average Bonchev–Trinajstić information content (AvgIpc) is 3.95. The van der Waals surface area contributed by atoms with E-state index in [-0.39, 0.29) is 65.9 Å². The van der Waals surface area contributed by atoms with Crippen molar-refractivity contribution in [1.29, 1.82) is 10.5 Å². The molecule has 7 rings (SSSR count). The van der Waals surface area contributed by atoms with Crippen LogP contribution in [0.3, 0.4) is 0 Å². The maximum absolute atomic E-state index is 13.8. The molecule has 0 bridgehead atoms. The van der Waals surface area contributed by atoms with Gasteiger partial charge in [-0.1, -0.05) is 0 Å². The number of hydrogen-bond donors (Lipinski definition) is 0. The Bertz CT molecular complexity index is 2980. The van der Waals surface area contributed by atoms with Crippen molar-refractivity contribution in [2.24, 2.45) is 14.1 Å². The zero-order valence-electron chi connectivity index (χ0n) is 33.9. The summed E-state index contributed by atoms with van der Waals surface area (Å²) in [5, 5.41) is 18.7. The molecule has 0 radical (unpaired) electrons. The zero-order valence-corrected chi connectivity index (χ0v) is 34.7. The van der Waals surface area contributed by atoms with Crippen LogP contribution in [0.5, 0.6) is 11.5 Å². The summed E-state index contributed by atoms with van der Waals surface area (Å²) < 4.78 is 124.